The Bertz CT molecular complexity index is 1070. The van der Waals surface area contributed by atoms with Gasteiger partial charge in [0.1, 0.15) is 17.4 Å². The number of aryl methyl sites for hydroxylation is 1. The summed E-state index contributed by atoms with van der Waals surface area (Å²) >= 11 is 4.76. The third-order valence-electron chi connectivity index (χ3n) is 3.96. The molecule has 0 fully saturated rings. The fourth-order valence-corrected chi connectivity index (χ4v) is 3.80. The van der Waals surface area contributed by atoms with Crippen LogP contribution in [0.5, 0.6) is 17.2 Å². The third kappa shape index (κ3) is 5.81. The van der Waals surface area contributed by atoms with Crippen LogP contribution < -0.4 is 14.2 Å². The maximum absolute atomic E-state index is 12.4. The molecule has 0 aliphatic carbocycles. The summed E-state index contributed by atoms with van der Waals surface area (Å²) in [4.78, 5) is 16.9. The molecule has 2 aromatic carbocycles. The molecule has 3 rings (SSSR count). The molecule has 30 heavy (non-hydrogen) atoms. The van der Waals surface area contributed by atoms with Crippen LogP contribution in [0.2, 0.25) is 0 Å². The highest BCUT2D eigenvalue weighted by Crippen LogP contribution is 2.37. The van der Waals surface area contributed by atoms with E-state index in [1.807, 2.05) is 49.6 Å². The van der Waals surface area contributed by atoms with Crippen molar-refractivity contribution in [3.63, 3.8) is 0 Å². The van der Waals surface area contributed by atoms with E-state index in [2.05, 4.69) is 20.9 Å². The SMILES string of the molecule is CCOc1cc(C#N)cc(Br)c1OC(=O)Cc1csc(COc2ccc(C)cc2)n1. The predicted octanol–water partition coefficient (Wildman–Crippen LogP) is 5.21. The van der Waals surface area contributed by atoms with Crippen LogP contribution in [0.1, 0.15) is 28.8 Å². The summed E-state index contributed by atoms with van der Waals surface area (Å²) in [5.41, 5.74) is 2.18. The Morgan fingerprint density at radius 2 is 2.00 bits per heavy atom. The van der Waals surface area contributed by atoms with E-state index in [9.17, 15) is 4.79 Å². The minimum Gasteiger partial charge on any atom is -0.490 e. The standard InChI is InChI=1S/C22H19BrN2O4S/c1-3-27-19-9-15(11-24)8-18(23)22(19)29-21(26)10-16-13-30-20(25-16)12-28-17-6-4-14(2)5-7-17/h4-9,13H,3,10,12H2,1-2H3. The largest absolute Gasteiger partial charge is 0.490 e. The van der Waals surface area contributed by atoms with Gasteiger partial charge in [-0.1, -0.05) is 17.7 Å². The minimum absolute atomic E-state index is 0.0129. The molecule has 0 unspecified atom stereocenters. The van der Waals surface area contributed by atoms with Crippen molar-refractivity contribution in [2.24, 2.45) is 0 Å². The number of thiazole rings is 1. The Morgan fingerprint density at radius 3 is 2.70 bits per heavy atom. The van der Waals surface area contributed by atoms with Crippen LogP contribution in [0.25, 0.3) is 0 Å². The Hall–Kier alpha value is -2.89. The van der Waals surface area contributed by atoms with Gasteiger partial charge in [0.05, 0.1) is 34.8 Å². The highest BCUT2D eigenvalue weighted by atomic mass is 79.9. The first-order valence-corrected chi connectivity index (χ1v) is 10.9. The molecule has 1 heterocycles. The second kappa shape index (κ2) is 10.2. The van der Waals surface area contributed by atoms with E-state index in [1.165, 1.54) is 16.9 Å². The number of esters is 1. The van der Waals surface area contributed by atoms with Crippen molar-refractivity contribution < 1.29 is 19.0 Å². The number of nitrogens with zero attached hydrogens (tertiary/aromatic N) is 2. The molecule has 8 heteroatoms. The number of rotatable bonds is 8. The summed E-state index contributed by atoms with van der Waals surface area (Å²) in [7, 11) is 0. The normalized spacial score (nSPS) is 10.3. The number of hydrogen-bond donors (Lipinski definition) is 0. The van der Waals surface area contributed by atoms with E-state index in [0.29, 0.717) is 34.7 Å². The minimum atomic E-state index is -0.474. The second-order valence-electron chi connectivity index (χ2n) is 6.32. The van der Waals surface area contributed by atoms with Crippen molar-refractivity contribution in [3.05, 3.63) is 68.1 Å². The van der Waals surface area contributed by atoms with E-state index in [1.54, 1.807) is 12.1 Å². The van der Waals surface area contributed by atoms with E-state index >= 15 is 0 Å². The summed E-state index contributed by atoms with van der Waals surface area (Å²) in [5, 5.41) is 11.7. The topological polar surface area (TPSA) is 81.4 Å². The summed E-state index contributed by atoms with van der Waals surface area (Å²) < 4.78 is 17.2. The molecular weight excluding hydrogens is 468 g/mol. The van der Waals surface area contributed by atoms with Crippen molar-refractivity contribution in [3.8, 4) is 23.3 Å². The number of carbonyl (C=O) groups excluding carboxylic acids is 1. The van der Waals surface area contributed by atoms with E-state index in [0.717, 1.165) is 10.8 Å². The number of halogens is 1. The molecule has 0 aliphatic rings. The van der Waals surface area contributed by atoms with Crippen LogP contribution in [0.15, 0.2) is 46.3 Å². The molecule has 3 aromatic rings. The van der Waals surface area contributed by atoms with Crippen LogP contribution >= 0.6 is 27.3 Å². The Morgan fingerprint density at radius 1 is 1.23 bits per heavy atom. The van der Waals surface area contributed by atoms with Gasteiger partial charge in [-0.15, -0.1) is 11.3 Å². The summed E-state index contributed by atoms with van der Waals surface area (Å²) in [6, 6.07) is 12.9. The molecule has 0 N–H and O–H groups in total. The summed E-state index contributed by atoms with van der Waals surface area (Å²) in [6.07, 6.45) is 0.0129. The van der Waals surface area contributed by atoms with Gasteiger partial charge in [-0.05, 0) is 48.0 Å². The zero-order valence-corrected chi connectivity index (χ0v) is 18.9. The van der Waals surface area contributed by atoms with Crippen molar-refractivity contribution >= 4 is 33.2 Å². The Labute approximate surface area is 187 Å². The lowest BCUT2D eigenvalue weighted by Crippen LogP contribution is -2.13. The molecule has 0 saturated carbocycles. The number of hydrogen-bond acceptors (Lipinski definition) is 7. The number of benzene rings is 2. The van der Waals surface area contributed by atoms with Gasteiger partial charge in [0.15, 0.2) is 11.5 Å². The van der Waals surface area contributed by atoms with Gasteiger partial charge in [0.25, 0.3) is 0 Å². The van der Waals surface area contributed by atoms with Crippen molar-refractivity contribution in [2.45, 2.75) is 26.9 Å². The van der Waals surface area contributed by atoms with Crippen molar-refractivity contribution in [1.29, 1.82) is 5.26 Å². The quantitative estimate of drug-likeness (QED) is 0.321. The molecule has 0 aliphatic heterocycles. The monoisotopic (exact) mass is 486 g/mol. The molecule has 0 amide bonds. The predicted molar refractivity (Wildman–Crippen MR) is 117 cm³/mol. The first kappa shape index (κ1) is 21.8. The zero-order valence-electron chi connectivity index (χ0n) is 16.5. The Balaban J connectivity index is 1.62. The van der Waals surface area contributed by atoms with Gasteiger partial charge < -0.3 is 14.2 Å². The molecule has 154 valence electrons. The van der Waals surface area contributed by atoms with Gasteiger partial charge in [0, 0.05) is 11.4 Å². The van der Waals surface area contributed by atoms with Crippen LogP contribution in [0, 0.1) is 18.3 Å². The second-order valence-corrected chi connectivity index (χ2v) is 8.11. The lowest BCUT2D eigenvalue weighted by molar-refractivity contribution is -0.133. The molecular formula is C22H19BrN2O4S. The highest BCUT2D eigenvalue weighted by molar-refractivity contribution is 9.10. The van der Waals surface area contributed by atoms with Gasteiger partial charge in [-0.2, -0.15) is 5.26 Å². The summed E-state index contributed by atoms with van der Waals surface area (Å²) in [6.45, 7) is 4.54. The fourth-order valence-electron chi connectivity index (χ4n) is 2.57. The van der Waals surface area contributed by atoms with Crippen molar-refractivity contribution in [2.75, 3.05) is 6.61 Å². The van der Waals surface area contributed by atoms with Crippen LogP contribution in [-0.2, 0) is 17.8 Å². The average Bonchev–Trinajstić information content (AvgIpc) is 3.17. The smallest absolute Gasteiger partial charge is 0.317 e. The third-order valence-corrected chi connectivity index (χ3v) is 5.42. The zero-order chi connectivity index (χ0) is 21.5. The van der Waals surface area contributed by atoms with E-state index in [4.69, 9.17) is 19.5 Å². The van der Waals surface area contributed by atoms with Gasteiger partial charge in [-0.3, -0.25) is 4.79 Å². The number of carbonyl (C=O) groups is 1. The highest BCUT2D eigenvalue weighted by Gasteiger charge is 2.17. The number of ether oxygens (including phenoxy) is 3. The Kier molecular flexibility index (Phi) is 7.44. The molecule has 0 bridgehead atoms. The first-order valence-electron chi connectivity index (χ1n) is 9.18. The van der Waals surface area contributed by atoms with Crippen LogP contribution in [0.3, 0.4) is 0 Å². The van der Waals surface area contributed by atoms with E-state index < -0.39 is 5.97 Å². The number of nitriles is 1. The van der Waals surface area contributed by atoms with Gasteiger partial charge >= 0.3 is 5.97 Å². The fraction of sp³-hybridized carbons (Fsp3) is 0.227. The molecule has 0 radical (unpaired) electrons. The van der Waals surface area contributed by atoms with Crippen LogP contribution in [0.4, 0.5) is 0 Å². The summed E-state index contributed by atoms with van der Waals surface area (Å²) in [5.74, 6) is 0.879. The molecule has 6 nitrogen and oxygen atoms in total. The van der Waals surface area contributed by atoms with Crippen molar-refractivity contribution in [1.82, 2.24) is 4.98 Å². The lowest BCUT2D eigenvalue weighted by atomic mass is 10.2. The van der Waals surface area contributed by atoms with Gasteiger partial charge in [0.2, 0.25) is 0 Å². The first-order chi connectivity index (χ1) is 14.5. The average molecular weight is 487 g/mol. The lowest BCUT2D eigenvalue weighted by Gasteiger charge is -2.12. The molecule has 0 saturated heterocycles. The number of aromatic nitrogens is 1. The maximum Gasteiger partial charge on any atom is 0.317 e. The molecule has 0 atom stereocenters. The maximum atomic E-state index is 12.4. The van der Waals surface area contributed by atoms with E-state index in [-0.39, 0.29) is 12.2 Å². The molecule has 0 spiro atoms. The molecule has 1 aromatic heterocycles. The van der Waals surface area contributed by atoms with Gasteiger partial charge in [-0.25, -0.2) is 4.98 Å². The van der Waals surface area contributed by atoms with Crippen LogP contribution in [-0.4, -0.2) is 17.6 Å².